The molecule has 0 spiro atoms. The van der Waals surface area contributed by atoms with Crippen LogP contribution in [0.4, 0.5) is 0 Å². The number of amides is 1. The quantitative estimate of drug-likeness (QED) is 0.120. The molecule has 0 saturated carbocycles. The van der Waals surface area contributed by atoms with Crippen molar-refractivity contribution in [2.45, 2.75) is 103 Å². The number of hydrogen-bond acceptors (Lipinski definition) is 4. The van der Waals surface area contributed by atoms with Crippen molar-refractivity contribution in [3.8, 4) is 0 Å². The van der Waals surface area contributed by atoms with Gasteiger partial charge in [0, 0.05) is 6.42 Å². The van der Waals surface area contributed by atoms with E-state index in [4.69, 9.17) is 14.9 Å². The summed E-state index contributed by atoms with van der Waals surface area (Å²) in [7, 11) is -4.78. The lowest BCUT2D eigenvalue weighted by Crippen LogP contribution is -2.43. The van der Waals surface area contributed by atoms with Gasteiger partial charge < -0.3 is 20.2 Å². The fraction of sp³-hybridized carbons (Fsp3) is 0.810. The minimum absolute atomic E-state index is 0.178. The summed E-state index contributed by atoms with van der Waals surface area (Å²) in [6.45, 7) is 1.45. The summed E-state index contributed by atoms with van der Waals surface area (Å²) < 4.78 is 14.8. The molecule has 0 fully saturated rings. The summed E-state index contributed by atoms with van der Waals surface area (Å²) in [5.41, 5.74) is 0. The lowest BCUT2D eigenvalue weighted by Gasteiger charge is -2.15. The Morgan fingerprint density at radius 3 is 1.90 bits per heavy atom. The third kappa shape index (κ3) is 20.1. The fourth-order valence-corrected chi connectivity index (χ4v) is 3.31. The second-order valence-electron chi connectivity index (χ2n) is 7.58. The van der Waals surface area contributed by atoms with Crippen LogP contribution in [-0.4, -0.2) is 39.4 Å². The first-order valence-corrected chi connectivity index (χ1v) is 12.7. The van der Waals surface area contributed by atoms with Crippen molar-refractivity contribution in [1.29, 1.82) is 0 Å². The molecular formula is C21H40NO7P. The number of unbranched alkanes of at least 4 members (excludes halogenated alkanes) is 11. The monoisotopic (exact) mass is 449 g/mol. The molecule has 1 amide bonds. The molecule has 0 aromatic heterocycles. The maximum atomic E-state index is 11.8. The van der Waals surface area contributed by atoms with Crippen molar-refractivity contribution in [3.63, 3.8) is 0 Å². The molecule has 0 aromatic rings. The highest BCUT2D eigenvalue weighted by Crippen LogP contribution is 2.35. The predicted octanol–water partition coefficient (Wildman–Crippen LogP) is 4.70. The van der Waals surface area contributed by atoms with Crippen LogP contribution in [0.25, 0.3) is 0 Å². The maximum absolute atomic E-state index is 11.8. The minimum Gasteiger partial charge on any atom is -0.480 e. The molecule has 0 radical (unpaired) electrons. The van der Waals surface area contributed by atoms with Crippen LogP contribution in [0.1, 0.15) is 96.8 Å². The van der Waals surface area contributed by atoms with Gasteiger partial charge in [0.15, 0.2) is 6.04 Å². The lowest BCUT2D eigenvalue weighted by atomic mass is 10.1. The molecule has 0 heterocycles. The van der Waals surface area contributed by atoms with Crippen LogP contribution in [0, 0.1) is 0 Å². The van der Waals surface area contributed by atoms with Gasteiger partial charge in [-0.05, 0) is 32.1 Å². The van der Waals surface area contributed by atoms with Gasteiger partial charge in [0.05, 0.1) is 6.61 Å². The summed E-state index contributed by atoms with van der Waals surface area (Å²) in [4.78, 5) is 40.0. The van der Waals surface area contributed by atoms with Crippen molar-refractivity contribution in [3.05, 3.63) is 12.2 Å². The predicted molar refractivity (Wildman–Crippen MR) is 117 cm³/mol. The normalized spacial score (nSPS) is 12.9. The van der Waals surface area contributed by atoms with Crippen LogP contribution in [0.15, 0.2) is 12.2 Å². The molecule has 176 valence electrons. The van der Waals surface area contributed by atoms with Gasteiger partial charge in [-0.1, -0.05) is 70.4 Å². The van der Waals surface area contributed by atoms with E-state index in [0.717, 1.165) is 38.5 Å². The van der Waals surface area contributed by atoms with Crippen molar-refractivity contribution >= 4 is 19.7 Å². The van der Waals surface area contributed by atoms with E-state index in [2.05, 4.69) is 28.9 Å². The molecule has 0 rings (SSSR count). The summed E-state index contributed by atoms with van der Waals surface area (Å²) in [6.07, 6.45) is 19.6. The first-order chi connectivity index (χ1) is 14.3. The van der Waals surface area contributed by atoms with Crippen molar-refractivity contribution < 1.29 is 33.6 Å². The Kier molecular flexibility index (Phi) is 17.8. The van der Waals surface area contributed by atoms with Crippen LogP contribution < -0.4 is 5.32 Å². The van der Waals surface area contributed by atoms with E-state index in [-0.39, 0.29) is 6.42 Å². The average molecular weight is 450 g/mol. The zero-order valence-electron chi connectivity index (χ0n) is 18.3. The van der Waals surface area contributed by atoms with Gasteiger partial charge in [0.2, 0.25) is 5.91 Å². The summed E-state index contributed by atoms with van der Waals surface area (Å²) in [5, 5.41) is 11.2. The van der Waals surface area contributed by atoms with Gasteiger partial charge in [-0.15, -0.1) is 0 Å². The molecule has 0 unspecified atom stereocenters. The standard InChI is InChI=1S/C21H40NO7P/c1-2-3-4-5-6-7-8-9-10-11-12-13-14-15-16-17-20(23)22-19(21(24)25)18-29-30(26,27)28/h9-10,19H,2-8,11-18H2,1H3,(H,22,23)(H,24,25)(H2,26,27,28)/t19-/m1/s1. The smallest absolute Gasteiger partial charge is 0.469 e. The molecule has 4 N–H and O–H groups in total. The molecule has 8 nitrogen and oxygen atoms in total. The number of hydrogen-bond donors (Lipinski definition) is 4. The number of phosphoric ester groups is 1. The highest BCUT2D eigenvalue weighted by Gasteiger charge is 2.24. The van der Waals surface area contributed by atoms with Crippen molar-refractivity contribution in [2.24, 2.45) is 0 Å². The molecule has 0 aliphatic rings. The fourth-order valence-electron chi connectivity index (χ4n) is 2.97. The molecule has 0 aliphatic heterocycles. The molecule has 0 saturated heterocycles. The second-order valence-corrected chi connectivity index (χ2v) is 8.82. The molecule has 1 atom stereocenters. The Bertz CT molecular complexity index is 533. The largest absolute Gasteiger partial charge is 0.480 e. The third-order valence-electron chi connectivity index (χ3n) is 4.71. The van der Waals surface area contributed by atoms with Gasteiger partial charge in [0.1, 0.15) is 0 Å². The van der Waals surface area contributed by atoms with E-state index in [1.54, 1.807) is 0 Å². The number of carbonyl (C=O) groups is 2. The Hall–Kier alpha value is -1.21. The van der Waals surface area contributed by atoms with Crippen LogP contribution in [0.5, 0.6) is 0 Å². The molecule has 30 heavy (non-hydrogen) atoms. The van der Waals surface area contributed by atoms with Crippen LogP contribution in [-0.2, 0) is 18.7 Å². The summed E-state index contributed by atoms with van der Waals surface area (Å²) >= 11 is 0. The summed E-state index contributed by atoms with van der Waals surface area (Å²) in [5.74, 6) is -1.87. The Morgan fingerprint density at radius 1 is 0.900 bits per heavy atom. The summed E-state index contributed by atoms with van der Waals surface area (Å²) in [6, 6.07) is -1.48. The minimum atomic E-state index is -4.78. The Morgan fingerprint density at radius 2 is 1.40 bits per heavy atom. The highest BCUT2D eigenvalue weighted by molar-refractivity contribution is 7.46. The number of aliphatic carboxylic acids is 1. The van der Waals surface area contributed by atoms with E-state index >= 15 is 0 Å². The Balaban J connectivity index is 3.62. The van der Waals surface area contributed by atoms with Gasteiger partial charge in [-0.3, -0.25) is 9.32 Å². The number of rotatable bonds is 20. The first kappa shape index (κ1) is 28.8. The SMILES string of the molecule is CCCCCCCCC=CCCCCCCCC(=O)N[C@H](COP(=O)(O)O)C(=O)O. The lowest BCUT2D eigenvalue weighted by molar-refractivity contribution is -0.142. The number of carboxylic acid groups (broad SMARTS) is 1. The first-order valence-electron chi connectivity index (χ1n) is 11.1. The van der Waals surface area contributed by atoms with Crippen molar-refractivity contribution in [1.82, 2.24) is 5.32 Å². The molecule has 0 bridgehead atoms. The van der Waals surface area contributed by atoms with Crippen LogP contribution >= 0.6 is 7.82 Å². The molecule has 0 aromatic carbocycles. The van der Waals surface area contributed by atoms with E-state index in [9.17, 15) is 14.2 Å². The van der Waals surface area contributed by atoms with Crippen LogP contribution in [0.2, 0.25) is 0 Å². The van der Waals surface area contributed by atoms with E-state index in [1.165, 1.54) is 38.5 Å². The van der Waals surface area contributed by atoms with Gasteiger partial charge in [-0.25, -0.2) is 9.36 Å². The molecule has 0 aliphatic carbocycles. The van der Waals surface area contributed by atoms with Gasteiger partial charge >= 0.3 is 13.8 Å². The molecular weight excluding hydrogens is 409 g/mol. The van der Waals surface area contributed by atoms with E-state index in [1.807, 2.05) is 0 Å². The number of carboxylic acids is 1. The maximum Gasteiger partial charge on any atom is 0.469 e. The highest BCUT2D eigenvalue weighted by atomic mass is 31.2. The topological polar surface area (TPSA) is 133 Å². The number of carbonyl (C=O) groups excluding carboxylic acids is 1. The Labute approximate surface area is 180 Å². The van der Waals surface area contributed by atoms with Gasteiger partial charge in [-0.2, -0.15) is 0 Å². The van der Waals surface area contributed by atoms with E-state index in [0.29, 0.717) is 6.42 Å². The van der Waals surface area contributed by atoms with Crippen LogP contribution in [0.3, 0.4) is 0 Å². The van der Waals surface area contributed by atoms with E-state index < -0.39 is 32.3 Å². The third-order valence-corrected chi connectivity index (χ3v) is 5.19. The zero-order valence-corrected chi connectivity index (χ0v) is 19.2. The van der Waals surface area contributed by atoms with Crippen molar-refractivity contribution in [2.75, 3.05) is 6.61 Å². The van der Waals surface area contributed by atoms with Gasteiger partial charge in [0.25, 0.3) is 0 Å². The zero-order chi connectivity index (χ0) is 22.7. The number of allylic oxidation sites excluding steroid dienone is 2. The number of nitrogens with one attached hydrogen (secondary N) is 1. The average Bonchev–Trinajstić information content (AvgIpc) is 2.67. The number of phosphoric acid groups is 1. The molecule has 9 heteroatoms. The second kappa shape index (κ2) is 18.6.